The molecule has 2 aliphatic heterocycles. The SMILES string of the molecule is CCOc1cccc(CN2CCC3(CC2)CN(C)CC3COC)c1. The summed E-state index contributed by atoms with van der Waals surface area (Å²) in [6, 6.07) is 8.54. The van der Waals surface area contributed by atoms with Crippen LogP contribution in [-0.2, 0) is 11.3 Å². The third-order valence-corrected chi connectivity index (χ3v) is 5.82. The monoisotopic (exact) mass is 332 g/mol. The molecule has 1 unspecified atom stereocenters. The molecule has 1 aromatic carbocycles. The summed E-state index contributed by atoms with van der Waals surface area (Å²) < 4.78 is 11.1. The Morgan fingerprint density at radius 1 is 1.25 bits per heavy atom. The van der Waals surface area contributed by atoms with E-state index in [0.717, 1.165) is 25.5 Å². The highest BCUT2D eigenvalue weighted by molar-refractivity contribution is 5.28. The van der Waals surface area contributed by atoms with E-state index in [4.69, 9.17) is 9.47 Å². The summed E-state index contributed by atoms with van der Waals surface area (Å²) in [5, 5.41) is 0. The van der Waals surface area contributed by atoms with Gasteiger partial charge in [-0.3, -0.25) is 4.90 Å². The Bertz CT molecular complexity index is 526. The fourth-order valence-electron chi connectivity index (χ4n) is 4.61. The van der Waals surface area contributed by atoms with Crippen molar-refractivity contribution in [2.24, 2.45) is 11.3 Å². The van der Waals surface area contributed by atoms with E-state index < -0.39 is 0 Å². The average Bonchev–Trinajstić information content (AvgIpc) is 2.86. The first-order valence-electron chi connectivity index (χ1n) is 9.27. The number of piperidine rings is 1. The Hall–Kier alpha value is -1.10. The molecule has 134 valence electrons. The molecule has 0 saturated carbocycles. The van der Waals surface area contributed by atoms with Crippen LogP contribution in [0.5, 0.6) is 5.75 Å². The second-order valence-electron chi connectivity index (χ2n) is 7.57. The maximum atomic E-state index is 5.63. The fourth-order valence-corrected chi connectivity index (χ4v) is 4.61. The highest BCUT2D eigenvalue weighted by atomic mass is 16.5. The zero-order valence-corrected chi connectivity index (χ0v) is 15.5. The lowest BCUT2D eigenvalue weighted by atomic mass is 9.71. The molecule has 1 spiro atoms. The molecule has 2 fully saturated rings. The number of methoxy groups -OCH3 is 1. The van der Waals surface area contributed by atoms with Crippen LogP contribution in [0.3, 0.4) is 0 Å². The molecule has 0 amide bonds. The molecule has 2 saturated heterocycles. The first kappa shape index (κ1) is 17.7. The van der Waals surface area contributed by atoms with E-state index in [2.05, 4.69) is 35.0 Å². The van der Waals surface area contributed by atoms with Gasteiger partial charge in [-0.05, 0) is 63.0 Å². The van der Waals surface area contributed by atoms with E-state index in [-0.39, 0.29) is 0 Å². The van der Waals surface area contributed by atoms with Gasteiger partial charge in [-0.1, -0.05) is 12.1 Å². The Labute approximate surface area is 146 Å². The van der Waals surface area contributed by atoms with Crippen molar-refractivity contribution < 1.29 is 9.47 Å². The number of likely N-dealkylation sites (tertiary alicyclic amines) is 2. The lowest BCUT2D eigenvalue weighted by molar-refractivity contribution is 0.0353. The molecule has 0 radical (unpaired) electrons. The van der Waals surface area contributed by atoms with Crippen molar-refractivity contribution in [2.75, 3.05) is 53.6 Å². The molecule has 2 aliphatic rings. The highest BCUT2D eigenvalue weighted by Gasteiger charge is 2.46. The van der Waals surface area contributed by atoms with Crippen LogP contribution in [-0.4, -0.2) is 63.4 Å². The lowest BCUT2D eigenvalue weighted by Gasteiger charge is -2.42. The second-order valence-corrected chi connectivity index (χ2v) is 7.57. The van der Waals surface area contributed by atoms with E-state index in [9.17, 15) is 0 Å². The van der Waals surface area contributed by atoms with Crippen molar-refractivity contribution in [1.82, 2.24) is 9.80 Å². The lowest BCUT2D eigenvalue weighted by Crippen LogP contribution is -2.44. The molecule has 4 nitrogen and oxygen atoms in total. The normalized spacial score (nSPS) is 24.5. The number of benzene rings is 1. The van der Waals surface area contributed by atoms with Crippen molar-refractivity contribution >= 4 is 0 Å². The third kappa shape index (κ3) is 3.93. The molecule has 4 heteroatoms. The maximum Gasteiger partial charge on any atom is 0.119 e. The quantitative estimate of drug-likeness (QED) is 0.800. The molecule has 0 bridgehead atoms. The van der Waals surface area contributed by atoms with Crippen molar-refractivity contribution in [1.29, 1.82) is 0 Å². The van der Waals surface area contributed by atoms with Gasteiger partial charge in [0, 0.05) is 32.7 Å². The van der Waals surface area contributed by atoms with Gasteiger partial charge in [-0.15, -0.1) is 0 Å². The predicted octanol–water partition coefficient (Wildman–Crippen LogP) is 2.88. The molecule has 1 atom stereocenters. The standard InChI is InChI=1S/C20H32N2O2/c1-4-24-19-7-5-6-17(12-19)13-22-10-8-20(9-11-22)16-21(2)14-18(20)15-23-3/h5-7,12,18H,4,8-11,13-16H2,1-3H3. The molecule has 0 aliphatic carbocycles. The van der Waals surface area contributed by atoms with Gasteiger partial charge in [0.25, 0.3) is 0 Å². The summed E-state index contributed by atoms with van der Waals surface area (Å²) in [6.45, 7) is 9.48. The van der Waals surface area contributed by atoms with Crippen molar-refractivity contribution in [3.05, 3.63) is 29.8 Å². The Balaban J connectivity index is 1.58. The Morgan fingerprint density at radius 2 is 2.04 bits per heavy atom. The van der Waals surface area contributed by atoms with Gasteiger partial charge < -0.3 is 14.4 Å². The Morgan fingerprint density at radius 3 is 2.75 bits per heavy atom. The summed E-state index contributed by atoms with van der Waals surface area (Å²) in [5.41, 5.74) is 1.82. The zero-order valence-electron chi connectivity index (χ0n) is 15.5. The van der Waals surface area contributed by atoms with Crippen LogP contribution in [0.1, 0.15) is 25.3 Å². The number of rotatable bonds is 6. The molecule has 0 aromatic heterocycles. The van der Waals surface area contributed by atoms with Gasteiger partial charge in [-0.2, -0.15) is 0 Å². The Kier molecular flexibility index (Phi) is 5.80. The number of hydrogen-bond donors (Lipinski definition) is 0. The van der Waals surface area contributed by atoms with Crippen LogP contribution in [0.15, 0.2) is 24.3 Å². The van der Waals surface area contributed by atoms with Gasteiger partial charge in [0.1, 0.15) is 5.75 Å². The maximum absolute atomic E-state index is 5.63. The van der Waals surface area contributed by atoms with E-state index in [1.807, 2.05) is 20.1 Å². The number of ether oxygens (including phenoxy) is 2. The zero-order chi connectivity index (χ0) is 17.0. The predicted molar refractivity (Wildman–Crippen MR) is 97.4 cm³/mol. The largest absolute Gasteiger partial charge is 0.494 e. The van der Waals surface area contributed by atoms with Crippen LogP contribution in [0, 0.1) is 11.3 Å². The average molecular weight is 332 g/mol. The van der Waals surface area contributed by atoms with Crippen molar-refractivity contribution in [3.8, 4) is 5.75 Å². The van der Waals surface area contributed by atoms with Gasteiger partial charge in [0.15, 0.2) is 0 Å². The molecule has 3 rings (SSSR count). The molecule has 1 aromatic rings. The minimum atomic E-state index is 0.467. The first-order valence-corrected chi connectivity index (χ1v) is 9.27. The number of nitrogens with zero attached hydrogens (tertiary/aromatic N) is 2. The van der Waals surface area contributed by atoms with Crippen LogP contribution in [0.4, 0.5) is 0 Å². The molecular formula is C20H32N2O2. The van der Waals surface area contributed by atoms with Gasteiger partial charge in [-0.25, -0.2) is 0 Å². The summed E-state index contributed by atoms with van der Waals surface area (Å²) in [4.78, 5) is 5.09. The minimum Gasteiger partial charge on any atom is -0.494 e. The van der Waals surface area contributed by atoms with Crippen LogP contribution < -0.4 is 4.74 Å². The summed E-state index contributed by atoms with van der Waals surface area (Å²) in [5.74, 6) is 1.68. The van der Waals surface area contributed by atoms with Gasteiger partial charge in [0.05, 0.1) is 13.2 Å². The van der Waals surface area contributed by atoms with E-state index in [1.54, 1.807) is 0 Å². The smallest absolute Gasteiger partial charge is 0.119 e. The first-order chi connectivity index (χ1) is 11.6. The van der Waals surface area contributed by atoms with Crippen molar-refractivity contribution in [2.45, 2.75) is 26.3 Å². The minimum absolute atomic E-state index is 0.467. The van der Waals surface area contributed by atoms with Gasteiger partial charge in [0.2, 0.25) is 0 Å². The molecular weight excluding hydrogens is 300 g/mol. The summed E-state index contributed by atoms with van der Waals surface area (Å²) >= 11 is 0. The topological polar surface area (TPSA) is 24.9 Å². The van der Waals surface area contributed by atoms with E-state index in [1.165, 1.54) is 44.6 Å². The summed E-state index contributed by atoms with van der Waals surface area (Å²) in [7, 11) is 4.09. The van der Waals surface area contributed by atoms with E-state index >= 15 is 0 Å². The van der Waals surface area contributed by atoms with Crippen LogP contribution >= 0.6 is 0 Å². The van der Waals surface area contributed by atoms with Crippen molar-refractivity contribution in [3.63, 3.8) is 0 Å². The number of hydrogen-bond acceptors (Lipinski definition) is 4. The third-order valence-electron chi connectivity index (χ3n) is 5.82. The highest BCUT2D eigenvalue weighted by Crippen LogP contribution is 2.44. The molecule has 2 heterocycles. The fraction of sp³-hybridized carbons (Fsp3) is 0.700. The van der Waals surface area contributed by atoms with Crippen LogP contribution in [0.25, 0.3) is 0 Å². The van der Waals surface area contributed by atoms with E-state index in [0.29, 0.717) is 11.3 Å². The summed E-state index contributed by atoms with van der Waals surface area (Å²) in [6.07, 6.45) is 2.58. The second kappa shape index (κ2) is 7.85. The molecule has 24 heavy (non-hydrogen) atoms. The molecule has 0 N–H and O–H groups in total. The van der Waals surface area contributed by atoms with Crippen LogP contribution in [0.2, 0.25) is 0 Å². The van der Waals surface area contributed by atoms with Gasteiger partial charge >= 0.3 is 0 Å².